The lowest BCUT2D eigenvalue weighted by molar-refractivity contribution is -0.116. The first kappa shape index (κ1) is 15.1. The minimum absolute atomic E-state index is 0.0346. The summed E-state index contributed by atoms with van der Waals surface area (Å²) < 4.78 is 5.10. The minimum atomic E-state index is -0.0346. The SMILES string of the molecule is COc1ccc(CCC(=O)Nc2cc(C(C)C)[nH]n2)cc1. The fraction of sp³-hybridized carbons (Fsp3) is 0.375. The summed E-state index contributed by atoms with van der Waals surface area (Å²) >= 11 is 0. The van der Waals surface area contributed by atoms with Crippen LogP contribution in [0.15, 0.2) is 30.3 Å². The third kappa shape index (κ3) is 4.34. The number of carbonyl (C=O) groups excluding carboxylic acids is 1. The van der Waals surface area contributed by atoms with Gasteiger partial charge in [0.25, 0.3) is 0 Å². The van der Waals surface area contributed by atoms with E-state index >= 15 is 0 Å². The van der Waals surface area contributed by atoms with Crippen molar-refractivity contribution in [2.24, 2.45) is 0 Å². The van der Waals surface area contributed by atoms with Gasteiger partial charge < -0.3 is 10.1 Å². The van der Waals surface area contributed by atoms with E-state index < -0.39 is 0 Å². The van der Waals surface area contributed by atoms with Crippen molar-refractivity contribution in [1.29, 1.82) is 0 Å². The Labute approximate surface area is 124 Å². The Bertz CT molecular complexity index is 588. The fourth-order valence-corrected chi connectivity index (χ4v) is 1.95. The minimum Gasteiger partial charge on any atom is -0.497 e. The number of aromatic nitrogens is 2. The van der Waals surface area contributed by atoms with Crippen molar-refractivity contribution in [3.8, 4) is 5.75 Å². The quantitative estimate of drug-likeness (QED) is 0.857. The summed E-state index contributed by atoms with van der Waals surface area (Å²) in [6.45, 7) is 4.14. The number of nitrogens with one attached hydrogen (secondary N) is 2. The molecule has 2 N–H and O–H groups in total. The van der Waals surface area contributed by atoms with E-state index in [2.05, 4.69) is 29.4 Å². The Hall–Kier alpha value is -2.30. The molecule has 2 aromatic rings. The van der Waals surface area contributed by atoms with Gasteiger partial charge in [-0.15, -0.1) is 0 Å². The summed E-state index contributed by atoms with van der Waals surface area (Å²) in [5.41, 5.74) is 2.12. The van der Waals surface area contributed by atoms with Crippen LogP contribution in [0.2, 0.25) is 0 Å². The standard InChI is InChI=1S/C16H21N3O2/c1-11(2)14-10-15(19-18-14)17-16(20)9-6-12-4-7-13(21-3)8-5-12/h4-5,7-8,10-11H,6,9H2,1-3H3,(H2,17,18,19,20). The Morgan fingerprint density at radius 3 is 2.62 bits per heavy atom. The maximum Gasteiger partial charge on any atom is 0.225 e. The van der Waals surface area contributed by atoms with Crippen molar-refractivity contribution < 1.29 is 9.53 Å². The number of aryl methyl sites for hydroxylation is 1. The number of nitrogens with zero attached hydrogens (tertiary/aromatic N) is 1. The molecule has 0 atom stereocenters. The highest BCUT2D eigenvalue weighted by molar-refractivity contribution is 5.89. The van der Waals surface area contributed by atoms with Gasteiger partial charge in [0.2, 0.25) is 5.91 Å². The normalized spacial score (nSPS) is 10.7. The molecule has 5 nitrogen and oxygen atoms in total. The lowest BCUT2D eigenvalue weighted by atomic mass is 10.1. The van der Waals surface area contributed by atoms with E-state index in [9.17, 15) is 4.79 Å². The molecule has 5 heteroatoms. The van der Waals surface area contributed by atoms with E-state index in [0.717, 1.165) is 17.0 Å². The summed E-state index contributed by atoms with van der Waals surface area (Å²) in [7, 11) is 1.64. The number of hydrogen-bond donors (Lipinski definition) is 2. The van der Waals surface area contributed by atoms with Crippen LogP contribution in [-0.2, 0) is 11.2 Å². The van der Waals surface area contributed by atoms with Gasteiger partial charge in [0.05, 0.1) is 7.11 Å². The number of hydrogen-bond acceptors (Lipinski definition) is 3. The van der Waals surface area contributed by atoms with Crippen molar-refractivity contribution in [2.75, 3.05) is 12.4 Å². The average molecular weight is 287 g/mol. The lowest BCUT2D eigenvalue weighted by Gasteiger charge is -2.04. The molecule has 1 aromatic heterocycles. The van der Waals surface area contributed by atoms with Gasteiger partial charge in [0.1, 0.15) is 5.75 Å². The first-order valence-electron chi connectivity index (χ1n) is 7.06. The Kier molecular flexibility index (Phi) is 4.98. The summed E-state index contributed by atoms with van der Waals surface area (Å²) in [6.07, 6.45) is 1.12. The number of benzene rings is 1. The second kappa shape index (κ2) is 6.92. The van der Waals surface area contributed by atoms with E-state index in [1.165, 1.54) is 0 Å². The maximum atomic E-state index is 11.9. The van der Waals surface area contributed by atoms with Crippen molar-refractivity contribution in [1.82, 2.24) is 10.2 Å². The van der Waals surface area contributed by atoms with E-state index in [-0.39, 0.29) is 5.91 Å². The van der Waals surface area contributed by atoms with Crippen LogP contribution < -0.4 is 10.1 Å². The number of rotatable bonds is 6. The van der Waals surface area contributed by atoms with E-state index in [0.29, 0.717) is 24.6 Å². The van der Waals surface area contributed by atoms with Crippen molar-refractivity contribution >= 4 is 11.7 Å². The van der Waals surface area contributed by atoms with Gasteiger partial charge in [0.15, 0.2) is 5.82 Å². The molecule has 21 heavy (non-hydrogen) atoms. The molecule has 0 saturated carbocycles. The Morgan fingerprint density at radius 2 is 2.05 bits per heavy atom. The average Bonchev–Trinajstić information content (AvgIpc) is 2.94. The summed E-state index contributed by atoms with van der Waals surface area (Å²) in [5, 5.41) is 9.80. The van der Waals surface area contributed by atoms with Gasteiger partial charge in [-0.2, -0.15) is 5.10 Å². The molecule has 0 unspecified atom stereocenters. The van der Waals surface area contributed by atoms with Crippen molar-refractivity contribution in [3.63, 3.8) is 0 Å². The highest BCUT2D eigenvalue weighted by Crippen LogP contribution is 2.16. The highest BCUT2D eigenvalue weighted by atomic mass is 16.5. The molecule has 1 heterocycles. The topological polar surface area (TPSA) is 67.0 Å². The molecule has 1 amide bonds. The largest absolute Gasteiger partial charge is 0.497 e. The van der Waals surface area contributed by atoms with Crippen molar-refractivity contribution in [2.45, 2.75) is 32.6 Å². The molecule has 0 aliphatic rings. The summed E-state index contributed by atoms with van der Waals surface area (Å²) in [5.74, 6) is 1.73. The highest BCUT2D eigenvalue weighted by Gasteiger charge is 2.08. The Morgan fingerprint density at radius 1 is 1.33 bits per heavy atom. The Balaban J connectivity index is 1.83. The zero-order valence-electron chi connectivity index (χ0n) is 12.6. The summed E-state index contributed by atoms with van der Waals surface area (Å²) in [4.78, 5) is 11.9. The number of ether oxygens (including phenoxy) is 1. The molecule has 0 spiro atoms. The number of aromatic amines is 1. The van der Waals surface area contributed by atoms with Crippen LogP contribution in [0.3, 0.4) is 0 Å². The van der Waals surface area contributed by atoms with Gasteiger partial charge in [-0.3, -0.25) is 9.89 Å². The third-order valence-corrected chi connectivity index (χ3v) is 3.29. The van der Waals surface area contributed by atoms with Crippen LogP contribution in [0.5, 0.6) is 5.75 Å². The van der Waals surface area contributed by atoms with Crippen LogP contribution in [0, 0.1) is 0 Å². The monoisotopic (exact) mass is 287 g/mol. The summed E-state index contributed by atoms with van der Waals surface area (Å²) in [6, 6.07) is 9.61. The van der Waals surface area contributed by atoms with Gasteiger partial charge in [-0.05, 0) is 30.0 Å². The van der Waals surface area contributed by atoms with E-state index in [1.54, 1.807) is 7.11 Å². The fourth-order valence-electron chi connectivity index (χ4n) is 1.95. The molecular formula is C16H21N3O2. The molecule has 0 saturated heterocycles. The predicted molar refractivity (Wildman–Crippen MR) is 82.6 cm³/mol. The van der Waals surface area contributed by atoms with E-state index in [4.69, 9.17) is 4.74 Å². The molecule has 0 aliphatic carbocycles. The predicted octanol–water partition coefficient (Wildman–Crippen LogP) is 3.11. The smallest absolute Gasteiger partial charge is 0.225 e. The first-order chi connectivity index (χ1) is 10.1. The van der Waals surface area contributed by atoms with Crippen LogP contribution in [0.4, 0.5) is 5.82 Å². The first-order valence-corrected chi connectivity index (χ1v) is 7.06. The third-order valence-electron chi connectivity index (χ3n) is 3.29. The maximum absolute atomic E-state index is 11.9. The number of anilines is 1. The number of H-pyrrole nitrogens is 1. The second-order valence-electron chi connectivity index (χ2n) is 5.26. The number of carbonyl (C=O) groups is 1. The number of amides is 1. The molecule has 2 rings (SSSR count). The van der Waals surface area contributed by atoms with Gasteiger partial charge >= 0.3 is 0 Å². The molecule has 0 radical (unpaired) electrons. The number of methoxy groups -OCH3 is 1. The van der Waals surface area contributed by atoms with Crippen LogP contribution in [0.25, 0.3) is 0 Å². The van der Waals surface area contributed by atoms with Crippen LogP contribution >= 0.6 is 0 Å². The van der Waals surface area contributed by atoms with E-state index in [1.807, 2.05) is 30.3 Å². The van der Waals surface area contributed by atoms with Crippen LogP contribution in [-0.4, -0.2) is 23.2 Å². The molecular weight excluding hydrogens is 266 g/mol. The van der Waals surface area contributed by atoms with Crippen molar-refractivity contribution in [3.05, 3.63) is 41.6 Å². The molecule has 0 fully saturated rings. The zero-order chi connectivity index (χ0) is 15.2. The lowest BCUT2D eigenvalue weighted by Crippen LogP contribution is -2.12. The molecule has 112 valence electrons. The van der Waals surface area contributed by atoms with Gasteiger partial charge in [0, 0.05) is 18.2 Å². The van der Waals surface area contributed by atoms with Gasteiger partial charge in [-0.25, -0.2) is 0 Å². The van der Waals surface area contributed by atoms with Crippen LogP contribution in [0.1, 0.15) is 37.4 Å². The van der Waals surface area contributed by atoms with Gasteiger partial charge in [-0.1, -0.05) is 26.0 Å². The second-order valence-corrected chi connectivity index (χ2v) is 5.26. The zero-order valence-corrected chi connectivity index (χ0v) is 12.6. The molecule has 0 aliphatic heterocycles. The molecule has 0 bridgehead atoms. The molecule has 1 aromatic carbocycles.